The molecule has 3 aromatic heterocycles. The van der Waals surface area contributed by atoms with Gasteiger partial charge in [-0.1, -0.05) is 6.07 Å². The Bertz CT molecular complexity index is 835. The van der Waals surface area contributed by atoms with Gasteiger partial charge in [-0.05, 0) is 30.5 Å². The molecule has 0 aliphatic carbocycles. The predicted molar refractivity (Wildman–Crippen MR) is 93.9 cm³/mol. The van der Waals surface area contributed by atoms with E-state index in [0.29, 0.717) is 5.92 Å². The average Bonchev–Trinajstić information content (AvgIpc) is 3.21. The van der Waals surface area contributed by atoms with Crippen molar-refractivity contribution in [2.24, 2.45) is 5.92 Å². The van der Waals surface area contributed by atoms with Crippen LogP contribution in [0.2, 0.25) is 0 Å². The molecule has 24 heavy (non-hydrogen) atoms. The molecule has 5 nitrogen and oxygen atoms in total. The lowest BCUT2D eigenvalue weighted by Crippen LogP contribution is -2.51. The minimum absolute atomic E-state index is 0.149. The maximum atomic E-state index is 12.3. The van der Waals surface area contributed by atoms with E-state index < -0.39 is 0 Å². The Labute approximate surface area is 144 Å². The summed E-state index contributed by atoms with van der Waals surface area (Å²) >= 11 is 1.50. The van der Waals surface area contributed by atoms with Crippen LogP contribution >= 0.6 is 11.3 Å². The van der Waals surface area contributed by atoms with Crippen molar-refractivity contribution in [1.82, 2.24) is 19.4 Å². The highest BCUT2D eigenvalue weighted by Crippen LogP contribution is 2.25. The van der Waals surface area contributed by atoms with Crippen molar-refractivity contribution in [3.8, 4) is 11.4 Å². The number of carbonyl (C=O) groups excluding carboxylic acids is 1. The number of aryl methyl sites for hydroxylation is 1. The number of nitrogens with zero attached hydrogens (tertiary/aromatic N) is 4. The molecule has 0 radical (unpaired) electrons. The lowest BCUT2D eigenvalue weighted by molar-refractivity contribution is 0.0474. The summed E-state index contributed by atoms with van der Waals surface area (Å²) in [6.45, 7) is 4.56. The van der Waals surface area contributed by atoms with Gasteiger partial charge in [0, 0.05) is 55.4 Å². The van der Waals surface area contributed by atoms with Gasteiger partial charge < -0.3 is 9.47 Å². The van der Waals surface area contributed by atoms with Crippen molar-refractivity contribution in [3.05, 3.63) is 58.8 Å². The number of carbonyl (C=O) groups is 1. The van der Waals surface area contributed by atoms with Gasteiger partial charge in [0.05, 0.1) is 4.88 Å². The molecule has 1 fully saturated rings. The summed E-state index contributed by atoms with van der Waals surface area (Å²) in [6.07, 6.45) is 5.50. The minimum Gasteiger partial charge on any atom is -0.337 e. The largest absolute Gasteiger partial charge is 0.337 e. The van der Waals surface area contributed by atoms with E-state index in [-0.39, 0.29) is 5.91 Å². The number of thiophene rings is 1. The van der Waals surface area contributed by atoms with E-state index in [1.54, 1.807) is 6.20 Å². The van der Waals surface area contributed by atoms with Crippen LogP contribution in [-0.2, 0) is 6.54 Å². The summed E-state index contributed by atoms with van der Waals surface area (Å²) in [5.74, 6) is 1.57. The molecule has 0 saturated carbocycles. The second-order valence-corrected chi connectivity index (χ2v) is 7.08. The van der Waals surface area contributed by atoms with Crippen LogP contribution < -0.4 is 0 Å². The number of rotatable bonds is 4. The maximum Gasteiger partial charge on any atom is 0.263 e. The van der Waals surface area contributed by atoms with Crippen LogP contribution in [0.4, 0.5) is 0 Å². The Morgan fingerprint density at radius 2 is 2.17 bits per heavy atom. The van der Waals surface area contributed by atoms with Crippen LogP contribution in [0.25, 0.3) is 11.4 Å². The molecule has 3 aromatic rings. The van der Waals surface area contributed by atoms with Gasteiger partial charge in [0.25, 0.3) is 5.91 Å². The number of imidazole rings is 1. The fraction of sp³-hybridized carbons (Fsp3) is 0.278. The number of hydrogen-bond donors (Lipinski definition) is 0. The van der Waals surface area contributed by atoms with Gasteiger partial charge in [-0.3, -0.25) is 9.78 Å². The fourth-order valence-corrected chi connectivity index (χ4v) is 3.77. The summed E-state index contributed by atoms with van der Waals surface area (Å²) in [7, 11) is 0. The molecular formula is C18H18N4OS. The Kier molecular flexibility index (Phi) is 3.90. The van der Waals surface area contributed by atoms with Gasteiger partial charge in [-0.2, -0.15) is 0 Å². The first-order chi connectivity index (χ1) is 11.7. The molecule has 1 amide bonds. The van der Waals surface area contributed by atoms with Crippen molar-refractivity contribution >= 4 is 17.2 Å². The Morgan fingerprint density at radius 1 is 1.29 bits per heavy atom. The highest BCUT2D eigenvalue weighted by molar-refractivity contribution is 7.12. The summed E-state index contributed by atoms with van der Waals surface area (Å²) < 4.78 is 2.23. The fourth-order valence-electron chi connectivity index (χ4n) is 3.08. The molecule has 0 N–H and O–H groups in total. The molecule has 1 aliphatic heterocycles. The lowest BCUT2D eigenvalue weighted by atomic mass is 9.99. The third kappa shape index (κ3) is 2.73. The van der Waals surface area contributed by atoms with E-state index in [2.05, 4.69) is 21.5 Å². The summed E-state index contributed by atoms with van der Waals surface area (Å²) in [4.78, 5) is 23.8. The Balaban J connectivity index is 1.45. The van der Waals surface area contributed by atoms with Crippen LogP contribution in [0.3, 0.4) is 0 Å². The summed E-state index contributed by atoms with van der Waals surface area (Å²) in [5.41, 5.74) is 2.16. The van der Waals surface area contributed by atoms with Crippen LogP contribution in [-0.4, -0.2) is 38.4 Å². The summed E-state index contributed by atoms with van der Waals surface area (Å²) in [5, 5.41) is 1.94. The monoisotopic (exact) mass is 338 g/mol. The van der Waals surface area contributed by atoms with E-state index in [9.17, 15) is 4.79 Å². The molecule has 0 aromatic carbocycles. The third-order valence-electron chi connectivity index (χ3n) is 4.39. The number of hydrogen-bond acceptors (Lipinski definition) is 4. The van der Waals surface area contributed by atoms with Gasteiger partial charge in [-0.15, -0.1) is 11.3 Å². The van der Waals surface area contributed by atoms with Gasteiger partial charge in [0.2, 0.25) is 0 Å². The van der Waals surface area contributed by atoms with Crippen molar-refractivity contribution in [3.63, 3.8) is 0 Å². The number of pyridine rings is 1. The first-order valence-electron chi connectivity index (χ1n) is 7.97. The Morgan fingerprint density at radius 3 is 2.88 bits per heavy atom. The minimum atomic E-state index is 0.149. The van der Waals surface area contributed by atoms with E-state index in [1.807, 2.05) is 46.9 Å². The molecule has 0 atom stereocenters. The Hall–Kier alpha value is -2.47. The first kappa shape index (κ1) is 15.1. The van der Waals surface area contributed by atoms with Gasteiger partial charge >= 0.3 is 0 Å². The van der Waals surface area contributed by atoms with Crippen LogP contribution in [0.1, 0.15) is 15.4 Å². The van der Waals surface area contributed by atoms with E-state index in [0.717, 1.165) is 41.6 Å². The van der Waals surface area contributed by atoms with Crippen molar-refractivity contribution in [1.29, 1.82) is 0 Å². The number of aromatic nitrogens is 3. The van der Waals surface area contributed by atoms with Crippen LogP contribution in [0.5, 0.6) is 0 Å². The van der Waals surface area contributed by atoms with Crippen molar-refractivity contribution in [2.45, 2.75) is 13.5 Å². The van der Waals surface area contributed by atoms with Crippen LogP contribution in [0.15, 0.2) is 48.2 Å². The second-order valence-electron chi connectivity index (χ2n) is 6.13. The quantitative estimate of drug-likeness (QED) is 0.734. The SMILES string of the molecule is Cc1cnc(-c2cccnc2)n1CC1CN(C(=O)c2cccs2)C1. The number of likely N-dealkylation sites (tertiary alicyclic amines) is 1. The van der Waals surface area contributed by atoms with Crippen LogP contribution in [0, 0.1) is 12.8 Å². The second kappa shape index (κ2) is 6.20. The smallest absolute Gasteiger partial charge is 0.263 e. The van der Waals surface area contributed by atoms with Gasteiger partial charge in [-0.25, -0.2) is 4.98 Å². The van der Waals surface area contributed by atoms with Crippen molar-refractivity contribution in [2.75, 3.05) is 13.1 Å². The zero-order chi connectivity index (χ0) is 16.5. The average molecular weight is 338 g/mol. The van der Waals surface area contributed by atoms with Gasteiger partial charge in [0.1, 0.15) is 5.82 Å². The molecule has 0 unspecified atom stereocenters. The zero-order valence-electron chi connectivity index (χ0n) is 13.4. The molecule has 4 rings (SSSR count). The molecule has 0 bridgehead atoms. The van der Waals surface area contributed by atoms with Gasteiger partial charge in [0.15, 0.2) is 0 Å². The molecule has 122 valence electrons. The normalized spacial score (nSPS) is 14.6. The molecule has 1 saturated heterocycles. The zero-order valence-corrected chi connectivity index (χ0v) is 14.2. The highest BCUT2D eigenvalue weighted by atomic mass is 32.1. The van der Waals surface area contributed by atoms with E-state index in [4.69, 9.17) is 0 Å². The molecular weight excluding hydrogens is 320 g/mol. The lowest BCUT2D eigenvalue weighted by Gasteiger charge is -2.39. The van der Waals surface area contributed by atoms with E-state index in [1.165, 1.54) is 11.3 Å². The van der Waals surface area contributed by atoms with E-state index >= 15 is 0 Å². The predicted octanol–water partition coefficient (Wildman–Crippen LogP) is 3.09. The number of amides is 1. The molecule has 4 heterocycles. The maximum absolute atomic E-state index is 12.3. The topological polar surface area (TPSA) is 51.0 Å². The molecule has 0 spiro atoms. The summed E-state index contributed by atoms with van der Waals surface area (Å²) in [6, 6.07) is 7.76. The first-order valence-corrected chi connectivity index (χ1v) is 8.85. The third-order valence-corrected chi connectivity index (χ3v) is 5.25. The van der Waals surface area contributed by atoms with Crippen molar-refractivity contribution < 1.29 is 4.79 Å². The highest BCUT2D eigenvalue weighted by Gasteiger charge is 2.32. The molecule has 6 heteroatoms. The molecule has 1 aliphatic rings. The standard InChI is InChI=1S/C18H18N4OS/c1-13-8-20-17(15-4-2-6-19-9-15)22(13)12-14-10-21(11-14)18(23)16-5-3-7-24-16/h2-9,14H,10-12H2,1H3.